The second kappa shape index (κ2) is 7.45. The lowest BCUT2D eigenvalue weighted by Gasteiger charge is -2.13. The minimum atomic E-state index is -3.65. The van der Waals surface area contributed by atoms with Gasteiger partial charge in [-0.3, -0.25) is 4.79 Å². The van der Waals surface area contributed by atoms with Crippen LogP contribution in [-0.4, -0.2) is 45.8 Å². The molecule has 0 spiro atoms. The summed E-state index contributed by atoms with van der Waals surface area (Å²) >= 11 is 0. The lowest BCUT2D eigenvalue weighted by Crippen LogP contribution is -2.23. The molecule has 1 amide bonds. The molecule has 0 radical (unpaired) electrons. The summed E-state index contributed by atoms with van der Waals surface area (Å²) in [6.07, 6.45) is 0. The highest BCUT2D eigenvalue weighted by molar-refractivity contribution is 7.89. The van der Waals surface area contributed by atoms with Crippen LogP contribution in [0, 0.1) is 0 Å². The number of nitrogens with one attached hydrogen (secondary N) is 1. The Morgan fingerprint density at radius 2 is 1.72 bits per heavy atom. The standard InChI is InChI=1S/C17H18N2O5S/c1-19(2)25(22,23)13-8-6-7-12(11-13)16(20)18-15-10-5-4-9-14(15)17(21)24-3/h4-11H,1-3H3,(H,18,20). The third kappa shape index (κ3) is 4.04. The molecule has 0 aliphatic rings. The van der Waals surface area contributed by atoms with E-state index < -0.39 is 21.9 Å². The molecule has 0 aromatic heterocycles. The molecule has 132 valence electrons. The molecular formula is C17H18N2O5S. The predicted molar refractivity (Wildman–Crippen MR) is 93.0 cm³/mol. The zero-order valence-corrected chi connectivity index (χ0v) is 14.8. The zero-order chi connectivity index (χ0) is 18.6. The van der Waals surface area contributed by atoms with Crippen LogP contribution in [0.4, 0.5) is 5.69 Å². The number of rotatable bonds is 5. The number of ether oxygens (including phenoxy) is 1. The first kappa shape index (κ1) is 18.6. The third-order valence-corrected chi connectivity index (χ3v) is 5.27. The van der Waals surface area contributed by atoms with Crippen molar-refractivity contribution in [1.82, 2.24) is 4.31 Å². The number of anilines is 1. The van der Waals surface area contributed by atoms with Crippen molar-refractivity contribution in [2.75, 3.05) is 26.5 Å². The van der Waals surface area contributed by atoms with E-state index in [-0.39, 0.29) is 21.7 Å². The summed E-state index contributed by atoms with van der Waals surface area (Å²) in [5.41, 5.74) is 0.637. The molecule has 0 atom stereocenters. The third-order valence-electron chi connectivity index (χ3n) is 3.46. The van der Waals surface area contributed by atoms with E-state index in [1.54, 1.807) is 18.2 Å². The van der Waals surface area contributed by atoms with Crippen molar-refractivity contribution in [1.29, 1.82) is 0 Å². The molecule has 0 unspecified atom stereocenters. The first-order chi connectivity index (χ1) is 11.8. The van der Waals surface area contributed by atoms with Gasteiger partial charge in [-0.05, 0) is 30.3 Å². The molecule has 7 nitrogen and oxygen atoms in total. The number of nitrogens with zero attached hydrogens (tertiary/aromatic N) is 1. The van der Waals surface area contributed by atoms with Crippen LogP contribution in [0.15, 0.2) is 53.4 Å². The van der Waals surface area contributed by atoms with Crippen LogP contribution in [-0.2, 0) is 14.8 Å². The van der Waals surface area contributed by atoms with Crippen LogP contribution in [0.25, 0.3) is 0 Å². The largest absolute Gasteiger partial charge is 0.465 e. The van der Waals surface area contributed by atoms with Crippen molar-refractivity contribution in [2.45, 2.75) is 4.90 Å². The van der Waals surface area contributed by atoms with E-state index in [1.165, 1.54) is 51.5 Å². The first-order valence-electron chi connectivity index (χ1n) is 7.28. The number of amides is 1. The molecule has 0 fully saturated rings. The molecule has 2 rings (SSSR count). The van der Waals surface area contributed by atoms with Gasteiger partial charge in [-0.15, -0.1) is 0 Å². The Labute approximate surface area is 146 Å². The van der Waals surface area contributed by atoms with Crippen molar-refractivity contribution < 1.29 is 22.7 Å². The number of sulfonamides is 1. The predicted octanol–water partition coefficient (Wildman–Crippen LogP) is 1.98. The van der Waals surface area contributed by atoms with Crippen LogP contribution in [0.3, 0.4) is 0 Å². The van der Waals surface area contributed by atoms with E-state index in [0.29, 0.717) is 0 Å². The molecule has 0 aliphatic heterocycles. The van der Waals surface area contributed by atoms with Gasteiger partial charge in [0, 0.05) is 19.7 Å². The van der Waals surface area contributed by atoms with E-state index in [2.05, 4.69) is 10.1 Å². The van der Waals surface area contributed by atoms with Crippen molar-refractivity contribution in [3.05, 3.63) is 59.7 Å². The van der Waals surface area contributed by atoms with Crippen molar-refractivity contribution in [3.8, 4) is 0 Å². The number of hydrogen-bond donors (Lipinski definition) is 1. The smallest absolute Gasteiger partial charge is 0.339 e. The summed E-state index contributed by atoms with van der Waals surface area (Å²) in [5.74, 6) is -1.12. The molecule has 1 N–H and O–H groups in total. The number of methoxy groups -OCH3 is 1. The Morgan fingerprint density at radius 3 is 2.36 bits per heavy atom. The number of carbonyl (C=O) groups is 2. The van der Waals surface area contributed by atoms with Crippen LogP contribution in [0.5, 0.6) is 0 Å². The van der Waals surface area contributed by atoms with E-state index in [1.807, 2.05) is 0 Å². The van der Waals surface area contributed by atoms with Gasteiger partial charge in [-0.1, -0.05) is 18.2 Å². The highest BCUT2D eigenvalue weighted by Crippen LogP contribution is 2.19. The van der Waals surface area contributed by atoms with E-state index in [9.17, 15) is 18.0 Å². The van der Waals surface area contributed by atoms with E-state index in [4.69, 9.17) is 0 Å². The highest BCUT2D eigenvalue weighted by atomic mass is 32.2. The van der Waals surface area contributed by atoms with Crippen LogP contribution < -0.4 is 5.32 Å². The molecule has 2 aromatic rings. The molecular weight excluding hydrogens is 344 g/mol. The molecule has 0 aliphatic carbocycles. The number of hydrogen-bond acceptors (Lipinski definition) is 5. The molecule has 0 heterocycles. The Hall–Kier alpha value is -2.71. The Kier molecular flexibility index (Phi) is 5.55. The normalized spacial score (nSPS) is 11.2. The molecule has 0 bridgehead atoms. The lowest BCUT2D eigenvalue weighted by molar-refractivity contribution is 0.0602. The fourth-order valence-corrected chi connectivity index (χ4v) is 3.03. The van der Waals surface area contributed by atoms with Gasteiger partial charge >= 0.3 is 5.97 Å². The maximum atomic E-state index is 12.5. The zero-order valence-electron chi connectivity index (χ0n) is 14.0. The minimum Gasteiger partial charge on any atom is -0.465 e. The van der Waals surface area contributed by atoms with Gasteiger partial charge in [0.15, 0.2) is 0 Å². The Morgan fingerprint density at radius 1 is 1.04 bits per heavy atom. The van der Waals surface area contributed by atoms with Crippen LogP contribution in [0.2, 0.25) is 0 Å². The number of benzene rings is 2. The summed E-state index contributed by atoms with van der Waals surface area (Å²) in [7, 11) is 0.417. The van der Waals surface area contributed by atoms with Crippen LogP contribution in [0.1, 0.15) is 20.7 Å². The van der Waals surface area contributed by atoms with Gasteiger partial charge in [0.05, 0.1) is 23.3 Å². The van der Waals surface area contributed by atoms with Crippen LogP contribution >= 0.6 is 0 Å². The van der Waals surface area contributed by atoms with Gasteiger partial charge in [0.25, 0.3) is 5.91 Å². The summed E-state index contributed by atoms with van der Waals surface area (Å²) in [4.78, 5) is 24.2. The summed E-state index contributed by atoms with van der Waals surface area (Å²) in [5, 5.41) is 2.60. The van der Waals surface area contributed by atoms with Gasteiger partial charge in [0.1, 0.15) is 0 Å². The SMILES string of the molecule is COC(=O)c1ccccc1NC(=O)c1cccc(S(=O)(=O)N(C)C)c1. The minimum absolute atomic E-state index is 0.00593. The topological polar surface area (TPSA) is 92.8 Å². The quantitative estimate of drug-likeness (QED) is 0.821. The number of para-hydroxylation sites is 1. The molecule has 2 aromatic carbocycles. The van der Waals surface area contributed by atoms with E-state index >= 15 is 0 Å². The van der Waals surface area contributed by atoms with Gasteiger partial charge < -0.3 is 10.1 Å². The van der Waals surface area contributed by atoms with E-state index in [0.717, 1.165) is 4.31 Å². The fourth-order valence-electron chi connectivity index (χ4n) is 2.08. The average molecular weight is 362 g/mol. The lowest BCUT2D eigenvalue weighted by atomic mass is 10.1. The van der Waals surface area contributed by atoms with Crippen molar-refractivity contribution in [2.24, 2.45) is 0 Å². The van der Waals surface area contributed by atoms with Gasteiger partial charge in [0.2, 0.25) is 10.0 Å². The maximum Gasteiger partial charge on any atom is 0.339 e. The first-order valence-corrected chi connectivity index (χ1v) is 8.72. The summed E-state index contributed by atoms with van der Waals surface area (Å²) in [6.45, 7) is 0. The van der Waals surface area contributed by atoms with Gasteiger partial charge in [-0.25, -0.2) is 17.5 Å². The van der Waals surface area contributed by atoms with Crippen molar-refractivity contribution >= 4 is 27.6 Å². The monoisotopic (exact) mass is 362 g/mol. The maximum absolute atomic E-state index is 12.5. The molecule has 8 heteroatoms. The summed E-state index contributed by atoms with van der Waals surface area (Å²) < 4.78 is 30.1. The molecule has 0 saturated heterocycles. The summed E-state index contributed by atoms with van der Waals surface area (Å²) in [6, 6.07) is 12.1. The molecule has 0 saturated carbocycles. The molecule has 25 heavy (non-hydrogen) atoms. The van der Waals surface area contributed by atoms with Gasteiger partial charge in [-0.2, -0.15) is 0 Å². The Balaban J connectivity index is 2.34. The number of esters is 1. The second-order valence-electron chi connectivity index (χ2n) is 5.31. The highest BCUT2D eigenvalue weighted by Gasteiger charge is 2.19. The Bertz CT molecular complexity index is 907. The fraction of sp³-hybridized carbons (Fsp3) is 0.176. The second-order valence-corrected chi connectivity index (χ2v) is 7.46. The average Bonchev–Trinajstić information content (AvgIpc) is 2.61. The number of carbonyl (C=O) groups excluding carboxylic acids is 2. The van der Waals surface area contributed by atoms with Crippen molar-refractivity contribution in [3.63, 3.8) is 0 Å².